The fourth-order valence-corrected chi connectivity index (χ4v) is 1.35. The van der Waals surface area contributed by atoms with Crippen LogP contribution in [-0.2, 0) is 0 Å². The highest BCUT2D eigenvalue weighted by molar-refractivity contribution is 6.30. The highest BCUT2D eigenvalue weighted by Gasteiger charge is 2.09. The average Bonchev–Trinajstić information content (AvgIpc) is 2.10. The summed E-state index contributed by atoms with van der Waals surface area (Å²) >= 11 is 5.47. The molecular weight excluding hydrogens is 186 g/mol. The van der Waals surface area contributed by atoms with Gasteiger partial charge in [-0.3, -0.25) is 4.79 Å². The Labute approximate surface area is 82.7 Å². The summed E-state index contributed by atoms with van der Waals surface area (Å²) in [5, 5.41) is 0. The molecule has 1 aromatic carbocycles. The first-order valence-electron chi connectivity index (χ1n) is 4.02. The molecule has 0 aliphatic rings. The van der Waals surface area contributed by atoms with E-state index in [0.29, 0.717) is 11.3 Å². The van der Waals surface area contributed by atoms with Crippen LogP contribution in [0.25, 0.3) is 0 Å². The predicted octanol–water partition coefficient (Wildman–Crippen LogP) is 2.31. The summed E-state index contributed by atoms with van der Waals surface area (Å²) in [6.45, 7) is 3.73. The number of hydrogen-bond donors (Lipinski definition) is 1. The molecule has 2 N–H and O–H groups in total. The number of benzene rings is 1. The molecule has 0 unspecified atom stereocenters. The molecule has 0 radical (unpaired) electrons. The predicted molar refractivity (Wildman–Crippen MR) is 55.4 cm³/mol. The molecule has 0 aromatic heterocycles. The number of hydrogen-bond acceptors (Lipinski definition) is 2. The highest BCUT2D eigenvalue weighted by Crippen LogP contribution is 2.18. The molecule has 1 rings (SSSR count). The second-order valence-corrected chi connectivity index (χ2v) is 3.35. The average molecular weight is 198 g/mol. The summed E-state index contributed by atoms with van der Waals surface area (Å²) in [5.74, 6) is -0.0354. The van der Waals surface area contributed by atoms with Crippen LogP contribution in [0.2, 0.25) is 0 Å². The summed E-state index contributed by atoms with van der Waals surface area (Å²) in [7, 11) is 0. The van der Waals surface area contributed by atoms with E-state index in [9.17, 15) is 4.79 Å². The number of Topliss-reactive ketones (excluding diaryl/α,β-unsaturated/α-hetero) is 1. The van der Waals surface area contributed by atoms with Crippen molar-refractivity contribution in [1.82, 2.24) is 0 Å². The second kappa shape index (κ2) is 3.79. The molecule has 0 aliphatic carbocycles. The molecule has 0 amide bonds. The van der Waals surface area contributed by atoms with E-state index in [1.807, 2.05) is 13.8 Å². The molecule has 0 bridgehead atoms. The first-order valence-corrected chi connectivity index (χ1v) is 4.55. The van der Waals surface area contributed by atoms with Crippen molar-refractivity contribution in [3.8, 4) is 0 Å². The van der Waals surface area contributed by atoms with Crippen molar-refractivity contribution in [2.24, 2.45) is 0 Å². The van der Waals surface area contributed by atoms with E-state index < -0.39 is 0 Å². The van der Waals surface area contributed by atoms with Crippen LogP contribution < -0.4 is 5.73 Å². The second-order valence-electron chi connectivity index (χ2n) is 3.08. The van der Waals surface area contributed by atoms with Gasteiger partial charge in [0.25, 0.3) is 0 Å². The van der Waals surface area contributed by atoms with Crippen LogP contribution in [0.1, 0.15) is 21.5 Å². The highest BCUT2D eigenvalue weighted by atomic mass is 35.5. The number of rotatable bonds is 2. The topological polar surface area (TPSA) is 43.1 Å². The molecule has 3 heteroatoms. The molecular formula is C10H12ClNO. The van der Waals surface area contributed by atoms with E-state index in [2.05, 4.69) is 0 Å². The molecule has 0 aliphatic heterocycles. The van der Waals surface area contributed by atoms with E-state index in [1.165, 1.54) is 0 Å². The molecule has 2 nitrogen and oxygen atoms in total. The van der Waals surface area contributed by atoms with Crippen molar-refractivity contribution >= 4 is 23.1 Å². The lowest BCUT2D eigenvalue weighted by Gasteiger charge is -2.06. The molecule has 0 saturated carbocycles. The molecule has 70 valence electrons. The van der Waals surface area contributed by atoms with Crippen LogP contribution in [0, 0.1) is 13.8 Å². The van der Waals surface area contributed by atoms with Gasteiger partial charge in [0.1, 0.15) is 0 Å². The number of carbonyl (C=O) groups is 1. The first kappa shape index (κ1) is 10.1. The third kappa shape index (κ3) is 2.01. The lowest BCUT2D eigenvalue weighted by atomic mass is 10.0. The Kier molecular flexibility index (Phi) is 2.94. The third-order valence-corrected chi connectivity index (χ3v) is 2.28. The van der Waals surface area contributed by atoms with Gasteiger partial charge in [-0.05, 0) is 37.1 Å². The minimum atomic E-state index is -0.0535. The number of alkyl halides is 1. The van der Waals surface area contributed by atoms with Crippen molar-refractivity contribution < 1.29 is 4.79 Å². The number of nitrogen functional groups attached to an aromatic ring is 1. The van der Waals surface area contributed by atoms with Crippen molar-refractivity contribution in [3.05, 3.63) is 28.8 Å². The lowest BCUT2D eigenvalue weighted by molar-refractivity contribution is 0.102. The molecule has 13 heavy (non-hydrogen) atoms. The van der Waals surface area contributed by atoms with Crippen molar-refractivity contribution in [3.63, 3.8) is 0 Å². The van der Waals surface area contributed by atoms with Gasteiger partial charge >= 0.3 is 0 Å². The maximum atomic E-state index is 11.3. The Hall–Kier alpha value is -1.02. The smallest absolute Gasteiger partial charge is 0.177 e. The Morgan fingerprint density at radius 3 is 2.54 bits per heavy atom. The normalized spacial score (nSPS) is 10.1. The summed E-state index contributed by atoms with van der Waals surface area (Å²) in [6.07, 6.45) is 0. The number of aryl methyl sites for hydroxylation is 2. The van der Waals surface area contributed by atoms with Crippen LogP contribution in [0.15, 0.2) is 12.1 Å². The number of anilines is 1. The Bertz CT molecular complexity index is 347. The van der Waals surface area contributed by atoms with Gasteiger partial charge in [-0.1, -0.05) is 0 Å². The summed E-state index contributed by atoms with van der Waals surface area (Å²) in [4.78, 5) is 11.3. The van der Waals surface area contributed by atoms with E-state index >= 15 is 0 Å². The number of halogens is 1. The lowest BCUT2D eigenvalue weighted by Crippen LogP contribution is -2.04. The maximum absolute atomic E-state index is 11.3. The SMILES string of the molecule is Cc1cc(C(=O)CCl)c(C)cc1N. The van der Waals surface area contributed by atoms with E-state index in [4.69, 9.17) is 17.3 Å². The van der Waals surface area contributed by atoms with Gasteiger partial charge < -0.3 is 5.73 Å². The van der Waals surface area contributed by atoms with Crippen molar-refractivity contribution in [2.75, 3.05) is 11.6 Å². The number of ketones is 1. The Morgan fingerprint density at radius 1 is 1.38 bits per heavy atom. The molecule has 0 fully saturated rings. The van der Waals surface area contributed by atoms with E-state index in [0.717, 1.165) is 11.1 Å². The standard InChI is InChI=1S/C10H12ClNO/c1-6-4-9(12)7(2)3-8(6)10(13)5-11/h3-4H,5,12H2,1-2H3. The zero-order valence-electron chi connectivity index (χ0n) is 7.73. The van der Waals surface area contributed by atoms with Crippen LogP contribution >= 0.6 is 11.6 Å². The number of nitrogens with two attached hydrogens (primary N) is 1. The van der Waals surface area contributed by atoms with Gasteiger partial charge in [0.05, 0.1) is 5.88 Å². The van der Waals surface area contributed by atoms with E-state index in [1.54, 1.807) is 12.1 Å². The minimum Gasteiger partial charge on any atom is -0.399 e. The molecule has 0 saturated heterocycles. The molecule has 0 atom stereocenters. The van der Waals surface area contributed by atoms with Crippen molar-refractivity contribution in [2.45, 2.75) is 13.8 Å². The maximum Gasteiger partial charge on any atom is 0.177 e. The van der Waals surface area contributed by atoms with Crippen LogP contribution in [0.4, 0.5) is 5.69 Å². The first-order chi connectivity index (χ1) is 6.06. The van der Waals surface area contributed by atoms with Gasteiger partial charge in [0, 0.05) is 11.3 Å². The number of carbonyl (C=O) groups excluding carboxylic acids is 1. The van der Waals surface area contributed by atoms with Crippen LogP contribution in [0.5, 0.6) is 0 Å². The molecule has 0 spiro atoms. The van der Waals surface area contributed by atoms with Gasteiger partial charge in [0.15, 0.2) is 5.78 Å². The van der Waals surface area contributed by atoms with Gasteiger partial charge in [-0.25, -0.2) is 0 Å². The summed E-state index contributed by atoms with van der Waals surface area (Å²) < 4.78 is 0. The quantitative estimate of drug-likeness (QED) is 0.449. The van der Waals surface area contributed by atoms with Crippen LogP contribution in [-0.4, -0.2) is 11.7 Å². The Balaban J connectivity index is 3.23. The Morgan fingerprint density at radius 2 is 2.00 bits per heavy atom. The largest absolute Gasteiger partial charge is 0.399 e. The molecule has 0 heterocycles. The van der Waals surface area contributed by atoms with Gasteiger partial charge in [-0.15, -0.1) is 11.6 Å². The molecule has 1 aromatic rings. The zero-order valence-corrected chi connectivity index (χ0v) is 8.48. The summed E-state index contributed by atoms with van der Waals surface area (Å²) in [5.41, 5.74) is 8.87. The fraction of sp³-hybridized carbons (Fsp3) is 0.300. The third-order valence-electron chi connectivity index (χ3n) is 2.03. The zero-order chi connectivity index (χ0) is 10.0. The van der Waals surface area contributed by atoms with Crippen molar-refractivity contribution in [1.29, 1.82) is 0 Å². The monoisotopic (exact) mass is 197 g/mol. The van der Waals surface area contributed by atoms with Gasteiger partial charge in [0.2, 0.25) is 0 Å². The minimum absolute atomic E-state index is 0.0181. The fourth-order valence-electron chi connectivity index (χ4n) is 1.21. The van der Waals surface area contributed by atoms with E-state index in [-0.39, 0.29) is 11.7 Å². The van der Waals surface area contributed by atoms with Gasteiger partial charge in [-0.2, -0.15) is 0 Å². The van der Waals surface area contributed by atoms with Crippen LogP contribution in [0.3, 0.4) is 0 Å². The summed E-state index contributed by atoms with van der Waals surface area (Å²) in [6, 6.07) is 3.59.